The van der Waals surface area contributed by atoms with E-state index in [-0.39, 0.29) is 11.5 Å². The zero-order chi connectivity index (χ0) is 17.9. The van der Waals surface area contributed by atoms with E-state index in [0.717, 1.165) is 37.2 Å². The molecule has 4 heteroatoms. The summed E-state index contributed by atoms with van der Waals surface area (Å²) in [6, 6.07) is 15.1. The van der Waals surface area contributed by atoms with Gasteiger partial charge in [-0.05, 0) is 37.1 Å². The summed E-state index contributed by atoms with van der Waals surface area (Å²) in [4.78, 5) is 12.8. The minimum atomic E-state index is -0.0176. The van der Waals surface area contributed by atoms with Crippen molar-refractivity contribution in [1.29, 1.82) is 0 Å². The highest BCUT2D eigenvalue weighted by Gasteiger charge is 2.21. The highest BCUT2D eigenvalue weighted by Crippen LogP contribution is 2.26. The van der Waals surface area contributed by atoms with Gasteiger partial charge >= 0.3 is 0 Å². The summed E-state index contributed by atoms with van der Waals surface area (Å²) >= 11 is 0. The molecule has 26 heavy (non-hydrogen) atoms. The van der Waals surface area contributed by atoms with Gasteiger partial charge in [0, 0.05) is 18.5 Å². The first-order chi connectivity index (χ1) is 12.7. The van der Waals surface area contributed by atoms with Gasteiger partial charge in [-0.25, -0.2) is 0 Å². The third-order valence-electron chi connectivity index (χ3n) is 5.06. The molecule has 4 rings (SSSR count). The summed E-state index contributed by atoms with van der Waals surface area (Å²) < 4.78 is 12.0. The molecule has 134 valence electrons. The molecule has 2 atom stereocenters. The van der Waals surface area contributed by atoms with Crippen molar-refractivity contribution in [3.05, 3.63) is 65.0 Å². The summed E-state index contributed by atoms with van der Waals surface area (Å²) in [6.07, 6.45) is 3.86. The Hall–Kier alpha value is -2.59. The zero-order valence-corrected chi connectivity index (χ0v) is 14.9. The van der Waals surface area contributed by atoms with E-state index in [2.05, 4.69) is 12.2 Å². The Morgan fingerprint density at radius 2 is 2.00 bits per heavy atom. The van der Waals surface area contributed by atoms with E-state index in [0.29, 0.717) is 22.5 Å². The highest BCUT2D eigenvalue weighted by molar-refractivity contribution is 5.82. The normalized spacial score (nSPS) is 20.7. The molecule has 0 saturated carbocycles. The van der Waals surface area contributed by atoms with Gasteiger partial charge in [-0.2, -0.15) is 0 Å². The second kappa shape index (κ2) is 7.34. The maximum Gasteiger partial charge on any atom is 0.200 e. The van der Waals surface area contributed by atoms with Crippen LogP contribution in [-0.2, 0) is 0 Å². The van der Waals surface area contributed by atoms with Crippen LogP contribution < -0.4 is 15.5 Å². The van der Waals surface area contributed by atoms with Gasteiger partial charge < -0.3 is 14.5 Å². The summed E-state index contributed by atoms with van der Waals surface area (Å²) in [5, 5.41) is 4.01. The molecule has 2 unspecified atom stereocenters. The average molecular weight is 349 g/mol. The van der Waals surface area contributed by atoms with Crippen LogP contribution in [0.15, 0.2) is 64.0 Å². The molecular formula is C22H23NO3. The first-order valence-corrected chi connectivity index (χ1v) is 9.21. The number of ether oxygens (including phenoxy) is 1. The van der Waals surface area contributed by atoms with Gasteiger partial charge in [0.1, 0.15) is 23.7 Å². The zero-order valence-electron chi connectivity index (χ0n) is 14.9. The predicted octanol–water partition coefficient (Wildman–Crippen LogP) is 4.23. The van der Waals surface area contributed by atoms with Gasteiger partial charge in [-0.15, -0.1) is 0 Å². The number of rotatable bonds is 3. The molecule has 3 aromatic rings. The second-order valence-corrected chi connectivity index (χ2v) is 6.98. The van der Waals surface area contributed by atoms with Crippen LogP contribution in [0.2, 0.25) is 0 Å². The molecule has 1 aliphatic rings. The SMILES string of the molecule is CC1CNCCCC1Oc1ccc2c(=O)c(-c3ccccc3)coc2c1. The van der Waals surface area contributed by atoms with E-state index in [1.54, 1.807) is 6.26 Å². The molecule has 2 aromatic carbocycles. The molecule has 1 aliphatic heterocycles. The lowest BCUT2D eigenvalue weighted by Crippen LogP contribution is -2.29. The lowest BCUT2D eigenvalue weighted by molar-refractivity contribution is 0.141. The lowest BCUT2D eigenvalue weighted by atomic mass is 10.0. The number of hydrogen-bond donors (Lipinski definition) is 1. The van der Waals surface area contributed by atoms with Gasteiger partial charge in [-0.1, -0.05) is 37.3 Å². The molecule has 0 amide bonds. The Morgan fingerprint density at radius 3 is 2.85 bits per heavy atom. The maximum absolute atomic E-state index is 12.8. The quantitative estimate of drug-likeness (QED) is 0.769. The monoisotopic (exact) mass is 349 g/mol. The second-order valence-electron chi connectivity index (χ2n) is 6.98. The smallest absolute Gasteiger partial charge is 0.200 e. The van der Waals surface area contributed by atoms with Crippen LogP contribution in [0.25, 0.3) is 22.1 Å². The number of nitrogens with one attached hydrogen (secondary N) is 1. The summed E-state index contributed by atoms with van der Waals surface area (Å²) in [7, 11) is 0. The Kier molecular flexibility index (Phi) is 4.76. The molecule has 1 fully saturated rings. The van der Waals surface area contributed by atoms with Gasteiger partial charge in [-0.3, -0.25) is 4.79 Å². The highest BCUT2D eigenvalue weighted by atomic mass is 16.5. The van der Waals surface area contributed by atoms with Crippen LogP contribution in [0.1, 0.15) is 19.8 Å². The van der Waals surface area contributed by atoms with Crippen molar-refractivity contribution in [1.82, 2.24) is 5.32 Å². The molecular weight excluding hydrogens is 326 g/mol. The predicted molar refractivity (Wildman–Crippen MR) is 104 cm³/mol. The van der Waals surface area contributed by atoms with Crippen molar-refractivity contribution < 1.29 is 9.15 Å². The van der Waals surface area contributed by atoms with E-state index < -0.39 is 0 Å². The summed E-state index contributed by atoms with van der Waals surface area (Å²) in [5.74, 6) is 1.20. The Balaban J connectivity index is 1.65. The van der Waals surface area contributed by atoms with Crippen LogP contribution in [0.3, 0.4) is 0 Å². The first kappa shape index (κ1) is 16.9. The Morgan fingerprint density at radius 1 is 1.15 bits per heavy atom. The van der Waals surface area contributed by atoms with Gasteiger partial charge in [0.05, 0.1) is 10.9 Å². The molecule has 1 N–H and O–H groups in total. The van der Waals surface area contributed by atoms with Gasteiger partial charge in [0.25, 0.3) is 0 Å². The standard InChI is InChI=1S/C22H23NO3/c1-15-13-23-11-5-8-20(15)26-17-9-10-18-21(12-17)25-14-19(22(18)24)16-6-3-2-4-7-16/h2-4,6-7,9-10,12,14-15,20,23H,5,8,11,13H2,1H3. The number of benzene rings is 2. The average Bonchev–Trinajstić information content (AvgIpc) is 2.87. The topological polar surface area (TPSA) is 51.5 Å². The van der Waals surface area contributed by atoms with E-state index in [1.165, 1.54) is 0 Å². The minimum Gasteiger partial charge on any atom is -0.490 e. The van der Waals surface area contributed by atoms with E-state index >= 15 is 0 Å². The minimum absolute atomic E-state index is 0.0176. The maximum atomic E-state index is 12.8. The van der Waals surface area contributed by atoms with E-state index in [1.807, 2.05) is 48.5 Å². The molecule has 1 saturated heterocycles. The van der Waals surface area contributed by atoms with Crippen LogP contribution in [0, 0.1) is 5.92 Å². The van der Waals surface area contributed by atoms with Crippen LogP contribution in [0.4, 0.5) is 0 Å². The van der Waals surface area contributed by atoms with Crippen molar-refractivity contribution in [3.63, 3.8) is 0 Å². The molecule has 4 nitrogen and oxygen atoms in total. The summed E-state index contributed by atoms with van der Waals surface area (Å²) in [5.41, 5.74) is 1.99. The third kappa shape index (κ3) is 3.37. The van der Waals surface area contributed by atoms with E-state index in [9.17, 15) is 4.79 Å². The van der Waals surface area contributed by atoms with Crippen LogP contribution in [0.5, 0.6) is 5.75 Å². The van der Waals surface area contributed by atoms with Crippen molar-refractivity contribution in [2.24, 2.45) is 5.92 Å². The third-order valence-corrected chi connectivity index (χ3v) is 5.06. The lowest BCUT2D eigenvalue weighted by Gasteiger charge is -2.22. The van der Waals surface area contributed by atoms with Gasteiger partial charge in [0.2, 0.25) is 0 Å². The number of fused-ring (bicyclic) bond motifs is 1. The van der Waals surface area contributed by atoms with Crippen molar-refractivity contribution >= 4 is 11.0 Å². The molecule has 0 radical (unpaired) electrons. The molecule has 0 spiro atoms. The fraction of sp³-hybridized carbons (Fsp3) is 0.318. The van der Waals surface area contributed by atoms with Gasteiger partial charge in [0.15, 0.2) is 5.43 Å². The largest absolute Gasteiger partial charge is 0.490 e. The van der Waals surface area contributed by atoms with E-state index in [4.69, 9.17) is 9.15 Å². The van der Waals surface area contributed by atoms with Crippen molar-refractivity contribution in [3.8, 4) is 16.9 Å². The molecule has 0 aliphatic carbocycles. The molecule has 1 aromatic heterocycles. The fourth-order valence-corrected chi connectivity index (χ4v) is 3.52. The summed E-state index contributed by atoms with van der Waals surface area (Å²) in [6.45, 7) is 4.21. The van der Waals surface area contributed by atoms with Crippen LogP contribution in [-0.4, -0.2) is 19.2 Å². The Labute approximate surface area is 152 Å². The molecule has 2 heterocycles. The molecule has 0 bridgehead atoms. The van der Waals surface area contributed by atoms with Crippen LogP contribution >= 0.6 is 0 Å². The number of hydrogen-bond acceptors (Lipinski definition) is 4. The fourth-order valence-electron chi connectivity index (χ4n) is 3.52. The van der Waals surface area contributed by atoms with Crippen molar-refractivity contribution in [2.75, 3.05) is 13.1 Å². The van der Waals surface area contributed by atoms with Crippen molar-refractivity contribution in [2.45, 2.75) is 25.9 Å². The first-order valence-electron chi connectivity index (χ1n) is 9.21. The Bertz CT molecular complexity index is 949.